The number of benzene rings is 2. The molecule has 8 heteroatoms. The predicted molar refractivity (Wildman–Crippen MR) is 134 cm³/mol. The van der Waals surface area contributed by atoms with Gasteiger partial charge in [-0.1, -0.05) is 42.3 Å². The number of aryl methyl sites for hydroxylation is 2. The van der Waals surface area contributed by atoms with E-state index in [-0.39, 0.29) is 17.3 Å². The number of esters is 1. The van der Waals surface area contributed by atoms with Crippen molar-refractivity contribution in [2.45, 2.75) is 26.2 Å². The first-order chi connectivity index (χ1) is 17.5. The Kier molecular flexibility index (Phi) is 7.51. The van der Waals surface area contributed by atoms with E-state index in [1.165, 1.54) is 18.2 Å². The van der Waals surface area contributed by atoms with E-state index in [2.05, 4.69) is 26.3 Å². The number of halogens is 1. The summed E-state index contributed by atoms with van der Waals surface area (Å²) in [6.07, 6.45) is 11.0. The highest BCUT2D eigenvalue weighted by Gasteiger charge is 2.16. The molecule has 0 bridgehead atoms. The summed E-state index contributed by atoms with van der Waals surface area (Å²) < 4.78 is 18.4. The monoisotopic (exact) mass is 482 g/mol. The molecule has 7 nitrogen and oxygen atoms in total. The van der Waals surface area contributed by atoms with Crippen molar-refractivity contribution in [3.05, 3.63) is 116 Å². The summed E-state index contributed by atoms with van der Waals surface area (Å²) in [5.41, 5.74) is 4.12. The lowest BCUT2D eigenvalue weighted by Gasteiger charge is -2.09. The van der Waals surface area contributed by atoms with Crippen LogP contribution >= 0.6 is 0 Å². The second-order valence-electron chi connectivity index (χ2n) is 8.04. The average Bonchev–Trinajstić information content (AvgIpc) is 3.36. The van der Waals surface area contributed by atoms with Crippen LogP contribution in [0, 0.1) is 18.2 Å². The van der Waals surface area contributed by atoms with Crippen molar-refractivity contribution in [1.82, 2.24) is 20.4 Å². The van der Waals surface area contributed by atoms with Crippen LogP contribution in [-0.4, -0.2) is 26.4 Å². The van der Waals surface area contributed by atoms with Gasteiger partial charge >= 0.3 is 11.5 Å². The van der Waals surface area contributed by atoms with Gasteiger partial charge in [0.2, 0.25) is 0 Å². The normalized spacial score (nSPS) is 10.9. The molecule has 0 saturated carbocycles. The third kappa shape index (κ3) is 5.83. The molecular weight excluding hydrogens is 459 g/mol. The van der Waals surface area contributed by atoms with Gasteiger partial charge in [-0.05, 0) is 60.7 Å². The van der Waals surface area contributed by atoms with Gasteiger partial charge in [-0.3, -0.25) is 9.89 Å². The molecule has 0 aliphatic heterocycles. The molecule has 4 rings (SSSR count). The molecule has 0 fully saturated rings. The topological polar surface area (TPSA) is 101 Å². The van der Waals surface area contributed by atoms with Crippen molar-refractivity contribution in [1.29, 1.82) is 0 Å². The highest BCUT2D eigenvalue weighted by Crippen LogP contribution is 2.20. The number of rotatable bonds is 8. The lowest BCUT2D eigenvalue weighted by atomic mass is 9.97. The van der Waals surface area contributed by atoms with Crippen LogP contribution in [0.3, 0.4) is 0 Å². The lowest BCUT2D eigenvalue weighted by molar-refractivity contribution is 0.0725. The van der Waals surface area contributed by atoms with E-state index < -0.39 is 11.5 Å². The minimum absolute atomic E-state index is 0.110. The van der Waals surface area contributed by atoms with Crippen LogP contribution in [0.15, 0.2) is 65.5 Å². The summed E-state index contributed by atoms with van der Waals surface area (Å²) in [5.74, 6) is 1.46. The Balaban J connectivity index is 1.46. The number of hydrogen-bond donors (Lipinski definition) is 2. The SMILES string of the molecule is C#Cc1cccc(Cc2cc(OC(=O)c3cc(CCc4ccc(F)cc4)n[nH]3)c(=O)[nH]n2)c1/C=C\C. The average molecular weight is 483 g/mol. The number of terminal acetylenes is 1. The van der Waals surface area contributed by atoms with Gasteiger partial charge in [0.25, 0.3) is 0 Å². The molecule has 2 N–H and O–H groups in total. The van der Waals surface area contributed by atoms with Gasteiger partial charge in [0, 0.05) is 18.1 Å². The standard InChI is InChI=1S/C28H23FN4O3/c1-3-6-24-19(4-2)7-5-8-20(24)15-23-17-26(27(34)33-31-23)36-28(35)25-16-22(30-32-25)14-11-18-9-12-21(29)13-10-18/h2-3,5-10,12-13,16-17H,11,14-15H2,1H3,(H,30,32)(H,33,34)/b6-3-. The highest BCUT2D eigenvalue weighted by molar-refractivity contribution is 5.89. The number of ether oxygens (including phenoxy) is 1. The number of nitrogens with one attached hydrogen (secondary N) is 2. The van der Waals surface area contributed by atoms with Crippen molar-refractivity contribution >= 4 is 12.0 Å². The zero-order valence-electron chi connectivity index (χ0n) is 19.5. The number of nitrogens with zero attached hydrogens (tertiary/aromatic N) is 2. The maximum absolute atomic E-state index is 13.1. The van der Waals surface area contributed by atoms with E-state index in [0.717, 1.165) is 22.3 Å². The van der Waals surface area contributed by atoms with Gasteiger partial charge in [0.15, 0.2) is 5.75 Å². The second-order valence-corrected chi connectivity index (χ2v) is 8.04. The molecule has 0 aliphatic rings. The number of H-pyrrole nitrogens is 2. The van der Waals surface area contributed by atoms with Gasteiger partial charge in [0.1, 0.15) is 11.5 Å². The van der Waals surface area contributed by atoms with Crippen molar-refractivity contribution in [2.24, 2.45) is 0 Å². The molecule has 0 amide bonds. The summed E-state index contributed by atoms with van der Waals surface area (Å²) in [6, 6.07) is 14.8. The maximum Gasteiger partial charge on any atom is 0.361 e. The summed E-state index contributed by atoms with van der Waals surface area (Å²) >= 11 is 0. The molecule has 2 heterocycles. The van der Waals surface area contributed by atoms with Crippen molar-refractivity contribution in [2.75, 3.05) is 0 Å². The number of carbonyl (C=O) groups is 1. The fourth-order valence-electron chi connectivity index (χ4n) is 3.72. The number of aromatic nitrogens is 4. The van der Waals surface area contributed by atoms with Crippen LogP contribution < -0.4 is 10.3 Å². The molecule has 180 valence electrons. The van der Waals surface area contributed by atoms with Crippen LogP contribution in [0.2, 0.25) is 0 Å². The van der Waals surface area contributed by atoms with Crippen LogP contribution in [0.5, 0.6) is 5.75 Å². The van der Waals surface area contributed by atoms with Crippen LogP contribution in [0.1, 0.15) is 51.1 Å². The van der Waals surface area contributed by atoms with Crippen molar-refractivity contribution < 1.29 is 13.9 Å². The fraction of sp³-hybridized carbons (Fsp3) is 0.143. The molecule has 0 atom stereocenters. The molecule has 0 radical (unpaired) electrons. The third-order valence-electron chi connectivity index (χ3n) is 5.52. The summed E-state index contributed by atoms with van der Waals surface area (Å²) in [5, 5.41) is 13.2. The Labute approximate surface area is 207 Å². The predicted octanol–water partition coefficient (Wildman–Crippen LogP) is 4.24. The molecule has 0 unspecified atom stereocenters. The smallest absolute Gasteiger partial charge is 0.361 e. The van der Waals surface area contributed by atoms with Crippen molar-refractivity contribution in [3.8, 4) is 18.1 Å². The van der Waals surface area contributed by atoms with E-state index in [1.54, 1.807) is 18.2 Å². The maximum atomic E-state index is 13.1. The molecule has 36 heavy (non-hydrogen) atoms. The molecule has 0 aliphatic carbocycles. The van der Waals surface area contributed by atoms with Gasteiger partial charge in [-0.25, -0.2) is 14.3 Å². The van der Waals surface area contributed by atoms with Crippen molar-refractivity contribution in [3.63, 3.8) is 0 Å². The molecule has 2 aromatic heterocycles. The van der Waals surface area contributed by atoms with Crippen LogP contribution in [0.4, 0.5) is 4.39 Å². The zero-order chi connectivity index (χ0) is 25.5. The molecule has 2 aromatic carbocycles. The second kappa shape index (κ2) is 11.1. The third-order valence-corrected chi connectivity index (χ3v) is 5.52. The number of aromatic amines is 2. The van der Waals surface area contributed by atoms with Crippen LogP contribution in [-0.2, 0) is 19.3 Å². The highest BCUT2D eigenvalue weighted by atomic mass is 19.1. The molecule has 0 saturated heterocycles. The Hall–Kier alpha value is -4.77. The van der Waals surface area contributed by atoms with E-state index in [1.807, 2.05) is 37.3 Å². The van der Waals surface area contributed by atoms with Gasteiger partial charge in [-0.15, -0.1) is 6.42 Å². The molecule has 0 spiro atoms. The van der Waals surface area contributed by atoms with Crippen LogP contribution in [0.25, 0.3) is 6.08 Å². The Morgan fingerprint density at radius 1 is 1.08 bits per heavy atom. The largest absolute Gasteiger partial charge is 0.416 e. The summed E-state index contributed by atoms with van der Waals surface area (Å²) in [6.45, 7) is 1.90. The van der Waals surface area contributed by atoms with E-state index in [9.17, 15) is 14.0 Å². The van der Waals surface area contributed by atoms with E-state index in [0.29, 0.717) is 30.7 Å². The minimum atomic E-state index is -0.748. The molecule has 4 aromatic rings. The summed E-state index contributed by atoms with van der Waals surface area (Å²) in [4.78, 5) is 24.9. The van der Waals surface area contributed by atoms with E-state index in [4.69, 9.17) is 11.2 Å². The minimum Gasteiger partial charge on any atom is -0.416 e. The van der Waals surface area contributed by atoms with E-state index >= 15 is 0 Å². The first kappa shape index (κ1) is 24.4. The van der Waals surface area contributed by atoms with Gasteiger partial charge in [-0.2, -0.15) is 10.2 Å². The summed E-state index contributed by atoms with van der Waals surface area (Å²) in [7, 11) is 0. The molecular formula is C28H23FN4O3. The quantitative estimate of drug-likeness (QED) is 0.289. The Morgan fingerprint density at radius 3 is 2.61 bits per heavy atom. The zero-order valence-corrected chi connectivity index (χ0v) is 19.5. The number of allylic oxidation sites excluding steroid dienone is 1. The van der Waals surface area contributed by atoms with Gasteiger partial charge in [0.05, 0.1) is 11.4 Å². The lowest BCUT2D eigenvalue weighted by Crippen LogP contribution is -2.19. The number of hydrogen-bond acceptors (Lipinski definition) is 5. The first-order valence-corrected chi connectivity index (χ1v) is 11.3. The Bertz CT molecular complexity index is 1510. The van der Waals surface area contributed by atoms with Gasteiger partial charge < -0.3 is 4.74 Å². The first-order valence-electron chi connectivity index (χ1n) is 11.3. The Morgan fingerprint density at radius 2 is 1.86 bits per heavy atom. The number of carbonyl (C=O) groups excluding carboxylic acids is 1. The fourth-order valence-corrected chi connectivity index (χ4v) is 3.72.